The number of fused-ring (bicyclic) bond motifs is 2. The SMILES string of the molecule is C=c1ccc2c(c1-c1ccc(I)[se]1)[Si](C)(C)c1cc(O)ccc1N=2. The third-order valence-electron chi connectivity index (χ3n) is 4.61. The summed E-state index contributed by atoms with van der Waals surface area (Å²) in [5.41, 5.74) is 2.29. The normalized spacial score (nSPS) is 14.6. The van der Waals surface area contributed by atoms with Gasteiger partial charge in [-0.15, -0.1) is 0 Å². The minimum atomic E-state index is -1.98. The first-order valence-electron chi connectivity index (χ1n) is 7.68. The van der Waals surface area contributed by atoms with Gasteiger partial charge in [0.2, 0.25) is 0 Å². The summed E-state index contributed by atoms with van der Waals surface area (Å²) in [5.74, 6) is 0.320. The molecule has 5 heteroatoms. The van der Waals surface area contributed by atoms with Gasteiger partial charge in [-0.25, -0.2) is 0 Å². The average molecular weight is 508 g/mol. The number of aromatic hydroxyl groups is 1. The summed E-state index contributed by atoms with van der Waals surface area (Å²) in [6.45, 7) is 9.01. The van der Waals surface area contributed by atoms with Crippen LogP contribution in [0.3, 0.4) is 0 Å². The van der Waals surface area contributed by atoms with Crippen LogP contribution in [0.15, 0.2) is 47.5 Å². The summed E-state index contributed by atoms with van der Waals surface area (Å²) in [6, 6.07) is 14.2. The summed E-state index contributed by atoms with van der Waals surface area (Å²) in [7, 11) is -1.98. The second kappa shape index (κ2) is 5.70. The Labute approximate surface area is 161 Å². The molecule has 2 aromatic carbocycles. The first-order chi connectivity index (χ1) is 11.4. The van der Waals surface area contributed by atoms with E-state index in [9.17, 15) is 5.11 Å². The number of halogens is 1. The van der Waals surface area contributed by atoms with Gasteiger partial charge in [0.15, 0.2) is 0 Å². The van der Waals surface area contributed by atoms with Crippen LogP contribution in [0.2, 0.25) is 13.1 Å². The van der Waals surface area contributed by atoms with Crippen molar-refractivity contribution in [3.63, 3.8) is 0 Å². The van der Waals surface area contributed by atoms with Gasteiger partial charge in [-0.05, 0) is 0 Å². The predicted molar refractivity (Wildman–Crippen MR) is 112 cm³/mol. The fourth-order valence-electron chi connectivity index (χ4n) is 3.48. The van der Waals surface area contributed by atoms with E-state index in [4.69, 9.17) is 4.99 Å². The third kappa shape index (κ3) is 2.46. The van der Waals surface area contributed by atoms with E-state index < -0.39 is 8.07 Å². The second-order valence-electron chi connectivity index (χ2n) is 6.54. The van der Waals surface area contributed by atoms with Crippen molar-refractivity contribution in [1.82, 2.24) is 0 Å². The molecule has 0 amide bonds. The minimum absolute atomic E-state index is 0.320. The maximum atomic E-state index is 9.99. The summed E-state index contributed by atoms with van der Waals surface area (Å²) < 4.78 is 2.81. The van der Waals surface area contributed by atoms with Crippen molar-refractivity contribution in [2.75, 3.05) is 0 Å². The quantitative estimate of drug-likeness (QED) is 0.397. The molecule has 0 fully saturated rings. The number of phenolic OH excluding ortho intramolecular Hbond substituents is 1. The molecule has 1 aliphatic heterocycles. The van der Waals surface area contributed by atoms with Crippen molar-refractivity contribution in [3.8, 4) is 15.8 Å². The summed E-state index contributed by atoms with van der Waals surface area (Å²) in [5, 5.41) is 14.7. The van der Waals surface area contributed by atoms with E-state index in [-0.39, 0.29) is 0 Å². The van der Waals surface area contributed by atoms with E-state index in [0.717, 1.165) is 16.3 Å². The van der Waals surface area contributed by atoms with Gasteiger partial charge < -0.3 is 0 Å². The topological polar surface area (TPSA) is 32.6 Å². The van der Waals surface area contributed by atoms with Gasteiger partial charge in [-0.2, -0.15) is 0 Å². The van der Waals surface area contributed by atoms with Gasteiger partial charge in [-0.1, -0.05) is 0 Å². The Hall–Kier alpha value is -1.14. The first kappa shape index (κ1) is 16.3. The number of hydrogen-bond acceptors (Lipinski definition) is 2. The fraction of sp³-hybridized carbons (Fsp3) is 0.105. The monoisotopic (exact) mass is 509 g/mol. The van der Waals surface area contributed by atoms with Crippen molar-refractivity contribution >= 4 is 67.8 Å². The molecule has 4 rings (SSSR count). The predicted octanol–water partition coefficient (Wildman–Crippen LogP) is 2.22. The van der Waals surface area contributed by atoms with E-state index in [1.807, 2.05) is 12.1 Å². The molecule has 0 unspecified atom stereocenters. The van der Waals surface area contributed by atoms with Crippen LogP contribution >= 0.6 is 22.6 Å². The number of rotatable bonds is 1. The standard InChI is InChI=1S/C19H16INOSeSi/c1-11-4-6-14-19(18(11)15-8-9-17(20)23-15)24(2,3)16-10-12(22)5-7-13(16)21-14/h4-10,22H,1H2,2-3H3. The van der Waals surface area contributed by atoms with Gasteiger partial charge in [-0.3, -0.25) is 0 Å². The van der Waals surface area contributed by atoms with Crippen LogP contribution in [0.25, 0.3) is 16.6 Å². The number of phenols is 1. The Morgan fingerprint density at radius 2 is 1.92 bits per heavy atom. The zero-order chi connectivity index (χ0) is 17.1. The van der Waals surface area contributed by atoms with E-state index in [1.54, 1.807) is 6.07 Å². The number of hydrogen-bond donors (Lipinski definition) is 1. The second-order valence-corrected chi connectivity index (χ2v) is 15.9. The molecule has 0 spiro atoms. The molecule has 120 valence electrons. The molecule has 0 radical (unpaired) electrons. The molecule has 2 nitrogen and oxygen atoms in total. The molecular formula is C19H16INOSeSi. The summed E-state index contributed by atoms with van der Waals surface area (Å²) in [6.07, 6.45) is 0. The van der Waals surface area contributed by atoms with Crippen molar-refractivity contribution < 1.29 is 5.11 Å². The van der Waals surface area contributed by atoms with Crippen molar-refractivity contribution in [3.05, 3.63) is 55.5 Å². The first-order valence-corrected chi connectivity index (χ1v) is 13.5. The third-order valence-corrected chi connectivity index (χ3v) is 11.5. The van der Waals surface area contributed by atoms with Crippen LogP contribution in [0.1, 0.15) is 0 Å². The molecular weight excluding hydrogens is 492 g/mol. The van der Waals surface area contributed by atoms with Crippen molar-refractivity contribution in [2.45, 2.75) is 13.1 Å². The summed E-state index contributed by atoms with van der Waals surface area (Å²) >= 11 is 2.78. The molecule has 1 N–H and O–H groups in total. The number of nitrogens with zero attached hydrogens (tertiary/aromatic N) is 1. The van der Waals surface area contributed by atoms with Gasteiger partial charge in [0.1, 0.15) is 0 Å². The molecule has 2 heterocycles. The molecule has 3 aromatic rings. The molecule has 0 bridgehead atoms. The van der Waals surface area contributed by atoms with Crippen LogP contribution in [0.4, 0.5) is 5.69 Å². The van der Waals surface area contributed by atoms with Crippen LogP contribution in [-0.4, -0.2) is 27.7 Å². The molecule has 0 saturated heterocycles. The Kier molecular flexibility index (Phi) is 3.88. The van der Waals surface area contributed by atoms with Crippen LogP contribution in [0, 0.1) is 2.44 Å². The fourth-order valence-corrected chi connectivity index (χ4v) is 10.1. The van der Waals surface area contributed by atoms with Crippen LogP contribution in [-0.2, 0) is 0 Å². The van der Waals surface area contributed by atoms with Crippen molar-refractivity contribution in [1.29, 1.82) is 0 Å². The molecule has 0 atom stereocenters. The molecule has 0 aliphatic carbocycles. The van der Waals surface area contributed by atoms with Crippen LogP contribution in [0.5, 0.6) is 5.75 Å². The Morgan fingerprint density at radius 1 is 1.12 bits per heavy atom. The zero-order valence-corrected chi connectivity index (χ0v) is 18.3. The van der Waals surface area contributed by atoms with Crippen LogP contribution < -0.4 is 20.9 Å². The van der Waals surface area contributed by atoms with E-state index >= 15 is 0 Å². The Bertz CT molecular complexity index is 1090. The van der Waals surface area contributed by atoms with Gasteiger partial charge in [0.05, 0.1) is 0 Å². The molecule has 24 heavy (non-hydrogen) atoms. The van der Waals surface area contributed by atoms with E-state index in [0.29, 0.717) is 20.3 Å². The van der Waals surface area contributed by atoms with E-state index in [1.165, 1.54) is 22.8 Å². The summed E-state index contributed by atoms with van der Waals surface area (Å²) in [4.78, 5) is 4.89. The molecule has 0 saturated carbocycles. The zero-order valence-electron chi connectivity index (χ0n) is 13.4. The maximum absolute atomic E-state index is 9.99. The van der Waals surface area contributed by atoms with Gasteiger partial charge in [0.25, 0.3) is 0 Å². The van der Waals surface area contributed by atoms with Crippen molar-refractivity contribution in [2.24, 2.45) is 4.99 Å². The Balaban J connectivity index is 2.13. The molecule has 1 aromatic heterocycles. The molecule has 1 aliphatic rings. The van der Waals surface area contributed by atoms with E-state index in [2.05, 4.69) is 66.5 Å². The average Bonchev–Trinajstić information content (AvgIpc) is 2.95. The van der Waals surface area contributed by atoms with Gasteiger partial charge in [0, 0.05) is 0 Å². The number of benzene rings is 2. The van der Waals surface area contributed by atoms with Gasteiger partial charge >= 0.3 is 162 Å². The Morgan fingerprint density at radius 3 is 2.62 bits per heavy atom.